The fourth-order valence-corrected chi connectivity index (χ4v) is 3.47. The molecule has 2 rings (SSSR count). The van der Waals surface area contributed by atoms with Gasteiger partial charge in [0.15, 0.2) is 11.6 Å². The van der Waals surface area contributed by atoms with Gasteiger partial charge in [-0.1, -0.05) is 23.7 Å². The van der Waals surface area contributed by atoms with Gasteiger partial charge in [-0.3, -0.25) is 0 Å². The molecule has 0 fully saturated rings. The summed E-state index contributed by atoms with van der Waals surface area (Å²) in [4.78, 5) is -0.203. The second-order valence-corrected chi connectivity index (χ2v) is 7.49. The Balaban J connectivity index is 1.98. The van der Waals surface area contributed by atoms with Crippen LogP contribution in [0.3, 0.4) is 0 Å². The monoisotopic (exact) mass is 387 g/mol. The molecule has 2 aromatic carbocycles. The van der Waals surface area contributed by atoms with Gasteiger partial charge in [0.05, 0.1) is 17.6 Å². The van der Waals surface area contributed by atoms with Crippen LogP contribution in [0.5, 0.6) is 5.75 Å². The number of hydrogen-bond donors (Lipinski definition) is 2. The Hall–Kier alpha value is -1.67. The van der Waals surface area contributed by atoms with Crippen molar-refractivity contribution in [2.24, 2.45) is 0 Å². The summed E-state index contributed by atoms with van der Waals surface area (Å²) in [6, 6.07) is 10.1. The molecule has 0 spiro atoms. The summed E-state index contributed by atoms with van der Waals surface area (Å²) in [5.41, 5.74) is 0.596. The van der Waals surface area contributed by atoms with Crippen LogP contribution in [0.2, 0.25) is 5.02 Å². The first-order valence-corrected chi connectivity index (χ1v) is 9.55. The van der Waals surface area contributed by atoms with E-state index in [1.807, 2.05) is 0 Å². The zero-order valence-electron chi connectivity index (χ0n) is 13.6. The van der Waals surface area contributed by atoms with Gasteiger partial charge in [-0.15, -0.1) is 0 Å². The first-order valence-electron chi connectivity index (χ1n) is 7.69. The number of halogens is 2. The summed E-state index contributed by atoms with van der Waals surface area (Å²) >= 11 is 5.86. The predicted octanol–water partition coefficient (Wildman–Crippen LogP) is 3.28. The number of aliphatic hydroxyl groups excluding tert-OH is 1. The highest BCUT2D eigenvalue weighted by molar-refractivity contribution is 7.89. The van der Waals surface area contributed by atoms with Crippen molar-refractivity contribution in [2.45, 2.75) is 24.3 Å². The van der Waals surface area contributed by atoms with Crippen LogP contribution in [0.4, 0.5) is 4.39 Å². The molecule has 25 heavy (non-hydrogen) atoms. The molecule has 0 saturated heterocycles. The van der Waals surface area contributed by atoms with Gasteiger partial charge < -0.3 is 9.84 Å². The van der Waals surface area contributed by atoms with Crippen LogP contribution in [-0.2, 0) is 10.0 Å². The topological polar surface area (TPSA) is 75.6 Å². The second-order valence-electron chi connectivity index (χ2n) is 5.28. The van der Waals surface area contributed by atoms with E-state index in [1.165, 1.54) is 12.1 Å². The van der Waals surface area contributed by atoms with Gasteiger partial charge in [0.2, 0.25) is 10.0 Å². The minimum absolute atomic E-state index is 0.00201. The summed E-state index contributed by atoms with van der Waals surface area (Å²) in [6.07, 6.45) is -0.711. The summed E-state index contributed by atoms with van der Waals surface area (Å²) < 4.78 is 45.6. The molecule has 5 nitrogen and oxygen atoms in total. The molecule has 0 aliphatic rings. The van der Waals surface area contributed by atoms with Crippen LogP contribution in [0.15, 0.2) is 47.4 Å². The maximum Gasteiger partial charge on any atom is 0.240 e. The van der Waals surface area contributed by atoms with E-state index in [-0.39, 0.29) is 30.2 Å². The van der Waals surface area contributed by atoms with Crippen LogP contribution in [0.25, 0.3) is 0 Å². The maximum absolute atomic E-state index is 13.8. The lowest BCUT2D eigenvalue weighted by atomic mass is 10.1. The Morgan fingerprint density at radius 1 is 1.28 bits per heavy atom. The van der Waals surface area contributed by atoms with Crippen LogP contribution in [-0.4, -0.2) is 26.7 Å². The Morgan fingerprint density at radius 2 is 2.04 bits per heavy atom. The predicted molar refractivity (Wildman–Crippen MR) is 93.8 cm³/mol. The Bertz CT molecular complexity index is 829. The molecule has 0 amide bonds. The number of nitrogens with one attached hydrogen (secondary N) is 1. The summed E-state index contributed by atoms with van der Waals surface area (Å²) in [7, 11) is -3.88. The second kappa shape index (κ2) is 8.62. The Labute approximate surface area is 151 Å². The van der Waals surface area contributed by atoms with Gasteiger partial charge in [-0.2, -0.15) is 0 Å². The third-order valence-electron chi connectivity index (χ3n) is 3.46. The van der Waals surface area contributed by atoms with E-state index >= 15 is 0 Å². The van der Waals surface area contributed by atoms with Gasteiger partial charge in [0.1, 0.15) is 0 Å². The molecule has 0 radical (unpaired) electrons. The van der Waals surface area contributed by atoms with Gasteiger partial charge >= 0.3 is 0 Å². The van der Waals surface area contributed by atoms with Crippen molar-refractivity contribution in [1.82, 2.24) is 4.72 Å². The molecule has 1 unspecified atom stereocenters. The van der Waals surface area contributed by atoms with Crippen molar-refractivity contribution in [3.63, 3.8) is 0 Å². The average Bonchev–Trinajstić information content (AvgIpc) is 2.56. The van der Waals surface area contributed by atoms with E-state index < -0.39 is 21.9 Å². The third-order valence-corrected chi connectivity index (χ3v) is 5.15. The van der Waals surface area contributed by atoms with Crippen molar-refractivity contribution in [1.29, 1.82) is 0 Å². The zero-order valence-corrected chi connectivity index (χ0v) is 15.1. The van der Waals surface area contributed by atoms with Crippen molar-refractivity contribution in [2.75, 3.05) is 13.2 Å². The average molecular weight is 388 g/mol. The molecule has 0 aromatic heterocycles. The van der Waals surface area contributed by atoms with Crippen molar-refractivity contribution in [3.05, 3.63) is 58.9 Å². The summed E-state index contributed by atoms with van der Waals surface area (Å²) in [6.45, 7) is 1.98. The first kappa shape index (κ1) is 19.7. The lowest BCUT2D eigenvalue weighted by Crippen LogP contribution is -2.26. The van der Waals surface area contributed by atoms with Crippen molar-refractivity contribution < 1.29 is 22.7 Å². The summed E-state index contributed by atoms with van der Waals surface area (Å²) in [5.74, 6) is -0.749. The minimum Gasteiger partial charge on any atom is -0.491 e. The van der Waals surface area contributed by atoms with E-state index in [4.69, 9.17) is 16.3 Å². The lowest BCUT2D eigenvalue weighted by molar-refractivity contribution is 0.169. The van der Waals surface area contributed by atoms with Crippen molar-refractivity contribution >= 4 is 21.6 Å². The number of hydrogen-bond acceptors (Lipinski definition) is 4. The van der Waals surface area contributed by atoms with E-state index in [1.54, 1.807) is 31.2 Å². The molecule has 0 aliphatic heterocycles. The standard InChI is InChI=1S/C17H19ClFNO4S/c1-2-24-17-7-6-14(11-15(17)19)25(22,23)20-9-8-16(21)12-4-3-5-13(18)10-12/h3-7,10-11,16,20-21H,2,8-9H2,1H3. The molecule has 2 aromatic rings. The number of ether oxygens (including phenoxy) is 1. The van der Waals surface area contributed by atoms with E-state index in [9.17, 15) is 17.9 Å². The van der Waals surface area contributed by atoms with Crippen LogP contribution in [0, 0.1) is 5.82 Å². The highest BCUT2D eigenvalue weighted by Crippen LogP contribution is 2.22. The maximum atomic E-state index is 13.8. The van der Waals surface area contributed by atoms with E-state index in [0.717, 1.165) is 6.07 Å². The number of rotatable bonds is 8. The molecule has 0 heterocycles. The number of benzene rings is 2. The zero-order chi connectivity index (χ0) is 18.4. The molecule has 1 atom stereocenters. The van der Waals surface area contributed by atoms with Gasteiger partial charge in [0.25, 0.3) is 0 Å². The summed E-state index contributed by atoms with van der Waals surface area (Å²) in [5, 5.41) is 10.6. The lowest BCUT2D eigenvalue weighted by Gasteiger charge is -2.13. The smallest absolute Gasteiger partial charge is 0.240 e. The molecular formula is C17H19ClFNO4S. The quantitative estimate of drug-likeness (QED) is 0.728. The highest BCUT2D eigenvalue weighted by Gasteiger charge is 2.17. The van der Waals surface area contributed by atoms with E-state index in [2.05, 4.69) is 4.72 Å². The normalized spacial score (nSPS) is 12.8. The molecule has 136 valence electrons. The Morgan fingerprint density at radius 3 is 2.68 bits per heavy atom. The molecule has 8 heteroatoms. The van der Waals surface area contributed by atoms with Gasteiger partial charge in [-0.05, 0) is 49.2 Å². The fourth-order valence-electron chi connectivity index (χ4n) is 2.22. The number of sulfonamides is 1. The largest absolute Gasteiger partial charge is 0.491 e. The van der Waals surface area contributed by atoms with Crippen LogP contribution in [0.1, 0.15) is 25.0 Å². The highest BCUT2D eigenvalue weighted by atomic mass is 35.5. The van der Waals surface area contributed by atoms with Gasteiger partial charge in [0, 0.05) is 11.6 Å². The molecule has 0 aliphatic carbocycles. The number of aliphatic hydroxyl groups is 1. The molecule has 0 saturated carbocycles. The van der Waals surface area contributed by atoms with Crippen LogP contribution >= 0.6 is 11.6 Å². The minimum atomic E-state index is -3.88. The first-order chi connectivity index (χ1) is 11.8. The molecule has 0 bridgehead atoms. The third kappa shape index (κ3) is 5.40. The van der Waals surface area contributed by atoms with Crippen molar-refractivity contribution in [3.8, 4) is 5.75 Å². The van der Waals surface area contributed by atoms with Crippen LogP contribution < -0.4 is 9.46 Å². The Kier molecular flexibility index (Phi) is 6.78. The SMILES string of the molecule is CCOc1ccc(S(=O)(=O)NCCC(O)c2cccc(Cl)c2)cc1F. The molecule has 2 N–H and O–H groups in total. The molecular weight excluding hydrogens is 369 g/mol. The fraction of sp³-hybridized carbons (Fsp3) is 0.294. The van der Waals surface area contributed by atoms with Gasteiger partial charge in [-0.25, -0.2) is 17.5 Å². The van der Waals surface area contributed by atoms with E-state index in [0.29, 0.717) is 10.6 Å².